The standard InChI is InChI=1S/2C28H36N4O4/c2*1-18-8-11-30(12-9-18)26(33)20-6-7-24-22(14-20)23-17-31(27(34)35-28(3,4)5)13-10-25(23)32(24)16-21-15-29-36-19(21)2/h2*6-7,14-15,18H,8-13,16-17H2,1-5H3. The van der Waals surface area contributed by atoms with Crippen LogP contribution < -0.4 is 0 Å². The number of carbonyl (C=O) groups excluding carboxylic acids is 4. The van der Waals surface area contributed by atoms with E-state index in [9.17, 15) is 19.2 Å². The van der Waals surface area contributed by atoms with E-state index in [-0.39, 0.29) is 24.0 Å². The van der Waals surface area contributed by atoms with Crippen LogP contribution in [0.1, 0.15) is 147 Å². The summed E-state index contributed by atoms with van der Waals surface area (Å²) in [5.41, 5.74) is 8.97. The Balaban J connectivity index is 0.000000178. The van der Waals surface area contributed by atoms with E-state index in [4.69, 9.17) is 18.5 Å². The molecule has 8 heterocycles. The number of piperidine rings is 2. The van der Waals surface area contributed by atoms with Gasteiger partial charge in [0, 0.05) is 119 Å². The SMILES string of the molecule is Cc1oncc1Cn1c2c(c3cc(C(=O)N4CCC(C)CC4)ccc31)CN(C(=O)OC(C)(C)C)CC2.Cc1oncc1Cn1c2c(c3cc(C(=O)N4CCC(C)CC4)ccc31)CN(C(=O)OC(C)(C)C)CC2. The van der Waals surface area contributed by atoms with Crippen molar-refractivity contribution in [2.45, 2.75) is 145 Å². The molecular weight excluding hydrogens is 913 g/mol. The number of carbonyl (C=O) groups is 4. The van der Waals surface area contributed by atoms with Crippen molar-refractivity contribution in [3.8, 4) is 0 Å². The minimum Gasteiger partial charge on any atom is -0.444 e. The lowest BCUT2D eigenvalue weighted by Crippen LogP contribution is -2.40. The van der Waals surface area contributed by atoms with Gasteiger partial charge in [0.15, 0.2) is 0 Å². The third-order valence-corrected chi connectivity index (χ3v) is 14.8. The van der Waals surface area contributed by atoms with Crippen molar-refractivity contribution < 1.29 is 37.7 Å². The van der Waals surface area contributed by atoms with E-state index in [1.165, 1.54) is 11.4 Å². The summed E-state index contributed by atoms with van der Waals surface area (Å²) in [5, 5.41) is 9.93. The van der Waals surface area contributed by atoms with Gasteiger partial charge in [-0.05, 0) is 129 Å². The first kappa shape index (κ1) is 50.4. The van der Waals surface area contributed by atoms with E-state index in [0.29, 0.717) is 75.1 Å². The Morgan fingerprint density at radius 1 is 0.569 bits per heavy atom. The zero-order chi connectivity index (χ0) is 51.2. The maximum atomic E-state index is 13.4. The van der Waals surface area contributed by atoms with Crippen molar-refractivity contribution in [2.75, 3.05) is 39.3 Å². The molecule has 72 heavy (non-hydrogen) atoms. The number of hydrogen-bond acceptors (Lipinski definition) is 10. The highest BCUT2D eigenvalue weighted by molar-refractivity contribution is 6.00. The lowest BCUT2D eigenvalue weighted by molar-refractivity contribution is 0.0213. The van der Waals surface area contributed by atoms with Crippen LogP contribution in [-0.2, 0) is 48.5 Å². The quantitative estimate of drug-likeness (QED) is 0.157. The Hall–Kier alpha value is -6.58. The average molecular weight is 985 g/mol. The summed E-state index contributed by atoms with van der Waals surface area (Å²) >= 11 is 0. The molecular formula is C56H72N8O8. The summed E-state index contributed by atoms with van der Waals surface area (Å²) in [6.07, 6.45) is 8.51. The molecule has 0 radical (unpaired) electrons. The zero-order valence-electron chi connectivity index (χ0n) is 43.9. The third kappa shape index (κ3) is 10.8. The molecule has 0 unspecified atom stereocenters. The van der Waals surface area contributed by atoms with Crippen molar-refractivity contribution in [3.63, 3.8) is 0 Å². The number of rotatable bonds is 6. The molecule has 0 N–H and O–H groups in total. The lowest BCUT2D eigenvalue weighted by atomic mass is 9.98. The Morgan fingerprint density at radius 2 is 0.944 bits per heavy atom. The third-order valence-electron chi connectivity index (χ3n) is 14.8. The number of aryl methyl sites for hydroxylation is 2. The van der Waals surface area contributed by atoms with Gasteiger partial charge >= 0.3 is 12.2 Å². The van der Waals surface area contributed by atoms with Gasteiger partial charge in [0.1, 0.15) is 22.7 Å². The van der Waals surface area contributed by atoms with Crippen LogP contribution in [0, 0.1) is 25.7 Å². The fraction of sp³-hybridized carbons (Fsp3) is 0.536. The van der Waals surface area contributed by atoms with Crippen molar-refractivity contribution in [3.05, 3.63) is 105 Å². The monoisotopic (exact) mass is 985 g/mol. The molecule has 0 bridgehead atoms. The van der Waals surface area contributed by atoms with E-state index in [0.717, 1.165) is 107 Å². The molecule has 2 saturated heterocycles. The Labute approximate surface area is 422 Å². The van der Waals surface area contributed by atoms with Gasteiger partial charge in [0.05, 0.1) is 38.6 Å². The lowest BCUT2D eigenvalue weighted by Gasteiger charge is -2.31. The van der Waals surface area contributed by atoms with E-state index in [2.05, 4.69) is 33.3 Å². The Morgan fingerprint density at radius 3 is 1.28 bits per heavy atom. The highest BCUT2D eigenvalue weighted by Gasteiger charge is 2.33. The summed E-state index contributed by atoms with van der Waals surface area (Å²) in [6.45, 7) is 26.2. The minimum absolute atomic E-state index is 0.0833. The van der Waals surface area contributed by atoms with E-state index < -0.39 is 11.2 Å². The van der Waals surface area contributed by atoms with E-state index >= 15 is 0 Å². The second-order valence-corrected chi connectivity index (χ2v) is 22.6. The van der Waals surface area contributed by atoms with Crippen LogP contribution in [0.4, 0.5) is 9.59 Å². The van der Waals surface area contributed by atoms with Crippen LogP contribution in [0.5, 0.6) is 0 Å². The van der Waals surface area contributed by atoms with Gasteiger partial charge in [0.25, 0.3) is 11.8 Å². The molecule has 16 nitrogen and oxygen atoms in total. The molecule has 4 aromatic heterocycles. The summed E-state index contributed by atoms with van der Waals surface area (Å²) < 4.78 is 26.5. The van der Waals surface area contributed by atoms with Gasteiger partial charge in [-0.3, -0.25) is 9.59 Å². The van der Waals surface area contributed by atoms with Gasteiger partial charge < -0.3 is 47.3 Å². The summed E-state index contributed by atoms with van der Waals surface area (Å²) in [6, 6.07) is 12.0. The summed E-state index contributed by atoms with van der Waals surface area (Å²) in [7, 11) is 0. The van der Waals surface area contributed by atoms with Crippen molar-refractivity contribution >= 4 is 45.8 Å². The topological polar surface area (TPSA) is 162 Å². The highest BCUT2D eigenvalue weighted by Crippen LogP contribution is 2.36. The number of ether oxygens (including phenoxy) is 2. The molecule has 0 aliphatic carbocycles. The van der Waals surface area contributed by atoms with E-state index in [1.54, 1.807) is 22.2 Å². The number of hydrogen-bond donors (Lipinski definition) is 0. The highest BCUT2D eigenvalue weighted by atomic mass is 16.6. The molecule has 4 aliphatic heterocycles. The first-order valence-corrected chi connectivity index (χ1v) is 25.8. The molecule has 384 valence electrons. The number of aromatic nitrogens is 4. The molecule has 16 heteroatoms. The first-order valence-electron chi connectivity index (χ1n) is 25.8. The van der Waals surface area contributed by atoms with Crippen LogP contribution >= 0.6 is 0 Å². The fourth-order valence-electron chi connectivity index (χ4n) is 10.6. The van der Waals surface area contributed by atoms with Crippen molar-refractivity contribution in [1.82, 2.24) is 39.0 Å². The number of likely N-dealkylation sites (tertiary alicyclic amines) is 2. The molecule has 4 amide bonds. The molecule has 4 aliphatic rings. The van der Waals surface area contributed by atoms with Gasteiger partial charge in [-0.15, -0.1) is 0 Å². The predicted molar refractivity (Wildman–Crippen MR) is 274 cm³/mol. The number of benzene rings is 2. The maximum absolute atomic E-state index is 13.4. The molecule has 2 aromatic carbocycles. The number of nitrogens with zero attached hydrogens (tertiary/aromatic N) is 8. The normalized spacial score (nSPS) is 16.9. The number of fused-ring (bicyclic) bond motifs is 6. The van der Waals surface area contributed by atoms with Crippen LogP contribution in [0.3, 0.4) is 0 Å². The molecule has 0 saturated carbocycles. The minimum atomic E-state index is -0.553. The first-order chi connectivity index (χ1) is 34.2. The molecule has 2 fully saturated rings. The van der Waals surface area contributed by atoms with Crippen molar-refractivity contribution in [1.29, 1.82) is 0 Å². The molecule has 6 aromatic rings. The second kappa shape index (κ2) is 20.1. The zero-order valence-corrected chi connectivity index (χ0v) is 43.9. The largest absolute Gasteiger partial charge is 0.444 e. The molecule has 0 atom stereocenters. The Kier molecular flexibility index (Phi) is 14.1. The second-order valence-electron chi connectivity index (χ2n) is 22.6. The van der Waals surface area contributed by atoms with Gasteiger partial charge in [0.2, 0.25) is 0 Å². The van der Waals surface area contributed by atoms with Crippen LogP contribution in [0.25, 0.3) is 21.8 Å². The fourth-order valence-corrected chi connectivity index (χ4v) is 10.6. The number of amides is 4. The summed E-state index contributed by atoms with van der Waals surface area (Å²) in [5.74, 6) is 3.08. The average Bonchev–Trinajstić information content (AvgIpc) is 4.11. The Bertz CT molecular complexity index is 2780. The smallest absolute Gasteiger partial charge is 0.410 e. The van der Waals surface area contributed by atoms with Gasteiger partial charge in [-0.1, -0.05) is 24.2 Å². The van der Waals surface area contributed by atoms with Crippen molar-refractivity contribution in [2.24, 2.45) is 11.8 Å². The van der Waals surface area contributed by atoms with Crippen LogP contribution in [0.2, 0.25) is 0 Å². The summed E-state index contributed by atoms with van der Waals surface area (Å²) in [4.78, 5) is 60.0. The van der Waals surface area contributed by atoms with Gasteiger partial charge in [-0.2, -0.15) is 0 Å². The molecule has 10 rings (SSSR count). The predicted octanol–water partition coefficient (Wildman–Crippen LogP) is 10.3. The maximum Gasteiger partial charge on any atom is 0.410 e. The van der Waals surface area contributed by atoms with E-state index in [1.807, 2.05) is 102 Å². The van der Waals surface area contributed by atoms with Crippen LogP contribution in [0.15, 0.2) is 57.8 Å². The van der Waals surface area contributed by atoms with Crippen LogP contribution in [-0.4, -0.2) is 114 Å². The molecule has 0 spiro atoms. The van der Waals surface area contributed by atoms with Gasteiger partial charge in [-0.25, -0.2) is 9.59 Å².